The first-order valence-electron chi connectivity index (χ1n) is 7.95. The SMILES string of the molecule is CCC(CC)NC(=O)c1cc(S(=O)(=O)NC(C)(C)C)ccc1C. The highest BCUT2D eigenvalue weighted by molar-refractivity contribution is 7.89. The van der Waals surface area contributed by atoms with E-state index in [1.165, 1.54) is 12.1 Å². The predicted octanol–water partition coefficient (Wildman–Crippen LogP) is 2.99. The standard InChI is InChI=1S/C17H28N2O3S/c1-7-13(8-2)18-16(20)15-11-14(10-9-12(15)3)23(21,22)19-17(4,5)6/h9-11,13,19H,7-8H2,1-6H3,(H,18,20). The predicted molar refractivity (Wildman–Crippen MR) is 93.1 cm³/mol. The third-order valence-corrected chi connectivity index (χ3v) is 5.28. The van der Waals surface area contributed by atoms with Crippen LogP contribution in [0.25, 0.3) is 0 Å². The number of aryl methyl sites for hydroxylation is 1. The highest BCUT2D eigenvalue weighted by atomic mass is 32.2. The van der Waals surface area contributed by atoms with Crippen molar-refractivity contribution in [3.05, 3.63) is 29.3 Å². The van der Waals surface area contributed by atoms with Gasteiger partial charge in [-0.3, -0.25) is 4.79 Å². The van der Waals surface area contributed by atoms with Crippen LogP contribution in [0.2, 0.25) is 0 Å². The Bertz CT molecular complexity index is 657. The first-order valence-corrected chi connectivity index (χ1v) is 9.44. The van der Waals surface area contributed by atoms with Gasteiger partial charge >= 0.3 is 0 Å². The van der Waals surface area contributed by atoms with Crippen molar-refractivity contribution in [2.75, 3.05) is 0 Å². The zero-order valence-electron chi connectivity index (χ0n) is 14.9. The van der Waals surface area contributed by atoms with Gasteiger partial charge in [-0.25, -0.2) is 13.1 Å². The van der Waals surface area contributed by atoms with E-state index in [1.54, 1.807) is 33.8 Å². The number of hydrogen-bond donors (Lipinski definition) is 2. The smallest absolute Gasteiger partial charge is 0.251 e. The minimum Gasteiger partial charge on any atom is -0.349 e. The molecule has 0 aliphatic carbocycles. The van der Waals surface area contributed by atoms with Crippen molar-refractivity contribution in [3.63, 3.8) is 0 Å². The van der Waals surface area contributed by atoms with Gasteiger partial charge in [-0.05, 0) is 58.2 Å². The third-order valence-electron chi connectivity index (χ3n) is 3.53. The first-order chi connectivity index (χ1) is 10.5. The Balaban J connectivity index is 3.16. The number of amides is 1. The van der Waals surface area contributed by atoms with Gasteiger partial charge in [0.05, 0.1) is 4.90 Å². The summed E-state index contributed by atoms with van der Waals surface area (Å²) in [7, 11) is -3.66. The average Bonchev–Trinajstić information content (AvgIpc) is 2.42. The van der Waals surface area contributed by atoms with Gasteiger partial charge in [-0.1, -0.05) is 19.9 Å². The molecule has 6 heteroatoms. The van der Waals surface area contributed by atoms with Crippen molar-refractivity contribution >= 4 is 15.9 Å². The molecule has 0 fully saturated rings. The van der Waals surface area contributed by atoms with Gasteiger partial charge < -0.3 is 5.32 Å². The topological polar surface area (TPSA) is 75.3 Å². The summed E-state index contributed by atoms with van der Waals surface area (Å²) in [6, 6.07) is 4.73. The average molecular weight is 340 g/mol. The third kappa shape index (κ3) is 5.62. The molecule has 5 nitrogen and oxygen atoms in total. The summed E-state index contributed by atoms with van der Waals surface area (Å²) in [5.41, 5.74) is 0.568. The van der Waals surface area contributed by atoms with Crippen molar-refractivity contribution in [3.8, 4) is 0 Å². The van der Waals surface area contributed by atoms with E-state index in [2.05, 4.69) is 10.0 Å². The molecule has 0 aromatic heterocycles. The summed E-state index contributed by atoms with van der Waals surface area (Å²) in [4.78, 5) is 12.5. The second-order valence-corrected chi connectivity index (χ2v) is 8.50. The number of benzene rings is 1. The van der Waals surface area contributed by atoms with Crippen molar-refractivity contribution in [2.24, 2.45) is 0 Å². The fourth-order valence-electron chi connectivity index (χ4n) is 2.23. The molecule has 0 unspecified atom stereocenters. The molecule has 1 rings (SSSR count). The lowest BCUT2D eigenvalue weighted by atomic mass is 10.1. The van der Waals surface area contributed by atoms with E-state index in [1.807, 2.05) is 13.8 Å². The lowest BCUT2D eigenvalue weighted by Gasteiger charge is -2.21. The lowest BCUT2D eigenvalue weighted by molar-refractivity contribution is 0.0934. The maximum absolute atomic E-state index is 12.4. The normalized spacial score (nSPS) is 12.5. The molecule has 0 aliphatic heterocycles. The van der Waals surface area contributed by atoms with Gasteiger partial charge in [0.1, 0.15) is 0 Å². The van der Waals surface area contributed by atoms with E-state index in [0.717, 1.165) is 18.4 Å². The molecular formula is C17H28N2O3S. The first kappa shape index (κ1) is 19.6. The zero-order valence-corrected chi connectivity index (χ0v) is 15.7. The Kier molecular flexibility index (Phi) is 6.36. The lowest BCUT2D eigenvalue weighted by Crippen LogP contribution is -2.40. The number of rotatable bonds is 6. The van der Waals surface area contributed by atoms with Crippen LogP contribution in [-0.2, 0) is 10.0 Å². The molecule has 130 valence electrons. The van der Waals surface area contributed by atoms with Crippen molar-refractivity contribution in [1.29, 1.82) is 0 Å². The van der Waals surface area contributed by atoms with Gasteiger partial charge in [-0.15, -0.1) is 0 Å². The molecule has 0 heterocycles. The summed E-state index contributed by atoms with van der Waals surface area (Å²) in [6.45, 7) is 11.2. The van der Waals surface area contributed by atoms with Crippen molar-refractivity contribution < 1.29 is 13.2 Å². The molecule has 0 spiro atoms. The van der Waals surface area contributed by atoms with E-state index < -0.39 is 15.6 Å². The second-order valence-electron chi connectivity index (χ2n) is 6.82. The molecular weight excluding hydrogens is 312 g/mol. The van der Waals surface area contributed by atoms with E-state index in [0.29, 0.717) is 5.56 Å². The van der Waals surface area contributed by atoms with Crippen LogP contribution in [0.3, 0.4) is 0 Å². The molecule has 23 heavy (non-hydrogen) atoms. The molecule has 2 N–H and O–H groups in total. The minimum absolute atomic E-state index is 0.0925. The molecule has 0 aliphatic rings. The van der Waals surface area contributed by atoms with Crippen molar-refractivity contribution in [2.45, 2.75) is 70.9 Å². The van der Waals surface area contributed by atoms with E-state index in [-0.39, 0.29) is 16.8 Å². The summed E-state index contributed by atoms with van der Waals surface area (Å²) in [5.74, 6) is -0.232. The van der Waals surface area contributed by atoms with Crippen molar-refractivity contribution in [1.82, 2.24) is 10.0 Å². The fourth-order valence-corrected chi connectivity index (χ4v) is 3.68. The van der Waals surface area contributed by atoms with Crippen LogP contribution in [0.1, 0.15) is 63.4 Å². The fraction of sp³-hybridized carbons (Fsp3) is 0.588. The van der Waals surface area contributed by atoms with E-state index in [4.69, 9.17) is 0 Å². The highest BCUT2D eigenvalue weighted by Crippen LogP contribution is 2.18. The van der Waals surface area contributed by atoms with Crippen LogP contribution < -0.4 is 10.0 Å². The molecule has 0 saturated heterocycles. The Hall–Kier alpha value is -1.40. The molecule has 1 aromatic carbocycles. The molecule has 0 atom stereocenters. The Morgan fingerprint density at radius 3 is 2.22 bits per heavy atom. The van der Waals surface area contributed by atoms with E-state index in [9.17, 15) is 13.2 Å². The number of hydrogen-bond acceptors (Lipinski definition) is 3. The Morgan fingerprint density at radius 2 is 1.74 bits per heavy atom. The molecule has 1 aromatic rings. The summed E-state index contributed by atoms with van der Waals surface area (Å²) in [5, 5.41) is 2.95. The maximum Gasteiger partial charge on any atom is 0.251 e. The number of nitrogens with one attached hydrogen (secondary N) is 2. The highest BCUT2D eigenvalue weighted by Gasteiger charge is 2.23. The van der Waals surface area contributed by atoms with Gasteiger partial charge in [0.15, 0.2) is 0 Å². The monoisotopic (exact) mass is 340 g/mol. The van der Waals surface area contributed by atoms with Crippen LogP contribution in [0.15, 0.2) is 23.1 Å². The Morgan fingerprint density at radius 1 is 1.17 bits per heavy atom. The maximum atomic E-state index is 12.4. The van der Waals surface area contributed by atoms with Crippen LogP contribution >= 0.6 is 0 Å². The van der Waals surface area contributed by atoms with Gasteiger partial charge in [0, 0.05) is 17.1 Å². The molecule has 0 saturated carbocycles. The molecule has 0 bridgehead atoms. The van der Waals surface area contributed by atoms with Gasteiger partial charge in [0.2, 0.25) is 10.0 Å². The summed E-state index contributed by atoms with van der Waals surface area (Å²) in [6.07, 6.45) is 1.68. The second kappa shape index (κ2) is 7.45. The zero-order chi connectivity index (χ0) is 17.8. The molecule has 1 amide bonds. The number of carbonyl (C=O) groups is 1. The van der Waals surface area contributed by atoms with Crippen LogP contribution in [0.5, 0.6) is 0 Å². The van der Waals surface area contributed by atoms with Gasteiger partial charge in [0.25, 0.3) is 5.91 Å². The molecule has 0 radical (unpaired) electrons. The quantitative estimate of drug-likeness (QED) is 0.836. The number of sulfonamides is 1. The summed E-state index contributed by atoms with van der Waals surface area (Å²) < 4.78 is 27.5. The van der Waals surface area contributed by atoms with E-state index >= 15 is 0 Å². The van der Waals surface area contributed by atoms with Gasteiger partial charge in [-0.2, -0.15) is 0 Å². The largest absolute Gasteiger partial charge is 0.349 e. The number of carbonyl (C=O) groups excluding carboxylic acids is 1. The van der Waals surface area contributed by atoms with Crippen LogP contribution in [0, 0.1) is 6.92 Å². The van der Waals surface area contributed by atoms with Crippen LogP contribution in [0.4, 0.5) is 0 Å². The van der Waals surface area contributed by atoms with Crippen LogP contribution in [-0.4, -0.2) is 25.9 Å². The minimum atomic E-state index is -3.66. The Labute approximate surface area is 139 Å². The summed E-state index contributed by atoms with van der Waals surface area (Å²) >= 11 is 0.